The first-order valence-corrected chi connectivity index (χ1v) is 12.7. The highest BCUT2D eigenvalue weighted by Gasteiger charge is 2.23. The second-order valence-electron chi connectivity index (χ2n) is 7.43. The van der Waals surface area contributed by atoms with E-state index in [1.165, 1.54) is 23.1 Å². The van der Waals surface area contributed by atoms with Crippen LogP contribution in [0.4, 0.5) is 13.9 Å². The predicted molar refractivity (Wildman–Crippen MR) is 125 cm³/mol. The quantitative estimate of drug-likeness (QED) is 0.336. The van der Waals surface area contributed by atoms with Gasteiger partial charge in [-0.2, -0.15) is 0 Å². The molecule has 9 heteroatoms. The highest BCUT2D eigenvalue weighted by Crippen LogP contribution is 2.32. The van der Waals surface area contributed by atoms with E-state index in [9.17, 15) is 22.0 Å². The lowest BCUT2D eigenvalue weighted by Gasteiger charge is -2.20. The number of sulfone groups is 1. The van der Waals surface area contributed by atoms with Gasteiger partial charge in [-0.15, -0.1) is 0 Å². The molecular formula is C24H20F2N2O3S2. The van der Waals surface area contributed by atoms with Crippen LogP contribution in [0, 0.1) is 11.6 Å². The molecule has 0 saturated heterocycles. The van der Waals surface area contributed by atoms with Gasteiger partial charge in [0.2, 0.25) is 5.91 Å². The second-order valence-corrected chi connectivity index (χ2v) is 10.6. The van der Waals surface area contributed by atoms with Gasteiger partial charge in [0.25, 0.3) is 0 Å². The van der Waals surface area contributed by atoms with Gasteiger partial charge in [0.15, 0.2) is 20.8 Å². The molecule has 5 nitrogen and oxygen atoms in total. The Hall–Kier alpha value is -3.17. The number of hydrogen-bond donors (Lipinski definition) is 0. The molecule has 4 aromatic rings. The van der Waals surface area contributed by atoms with Crippen molar-refractivity contribution in [3.05, 3.63) is 90.0 Å². The molecule has 0 aliphatic rings. The van der Waals surface area contributed by atoms with Gasteiger partial charge in [-0.25, -0.2) is 22.2 Å². The summed E-state index contributed by atoms with van der Waals surface area (Å²) in [5, 5.41) is 0.231. The maximum atomic E-state index is 14.2. The van der Waals surface area contributed by atoms with E-state index >= 15 is 0 Å². The summed E-state index contributed by atoms with van der Waals surface area (Å²) in [7, 11) is -3.51. The van der Waals surface area contributed by atoms with E-state index in [1.54, 1.807) is 18.2 Å². The fraction of sp³-hybridized carbons (Fsp3) is 0.167. The topological polar surface area (TPSA) is 67.3 Å². The highest BCUT2D eigenvalue weighted by atomic mass is 32.2. The Balaban J connectivity index is 1.56. The van der Waals surface area contributed by atoms with Crippen molar-refractivity contribution in [1.29, 1.82) is 0 Å². The third-order valence-corrected chi connectivity index (χ3v) is 7.87. The molecule has 0 atom stereocenters. The molecular weight excluding hydrogens is 466 g/mol. The summed E-state index contributed by atoms with van der Waals surface area (Å²) in [6.07, 6.45) is 0.0842. The van der Waals surface area contributed by atoms with E-state index in [4.69, 9.17) is 0 Å². The fourth-order valence-electron chi connectivity index (χ4n) is 3.38. The Morgan fingerprint density at radius 3 is 2.33 bits per heavy atom. The summed E-state index contributed by atoms with van der Waals surface area (Å²) in [6, 6.07) is 19.2. The second kappa shape index (κ2) is 9.76. The number of thiazole rings is 1. The molecule has 0 spiro atoms. The van der Waals surface area contributed by atoms with E-state index in [0.717, 1.165) is 23.0 Å². The predicted octanol–water partition coefficient (Wildman–Crippen LogP) is 5.36. The lowest BCUT2D eigenvalue weighted by molar-refractivity contribution is -0.118. The SMILES string of the molecule is O=C(CCCS(=O)(=O)c1ccccc1)N(Cc1ccccc1)c1nc2c(F)cc(F)cc2s1. The van der Waals surface area contributed by atoms with Gasteiger partial charge >= 0.3 is 0 Å². The van der Waals surface area contributed by atoms with Crippen LogP contribution in [0.25, 0.3) is 10.2 Å². The largest absolute Gasteiger partial charge is 0.284 e. The molecule has 0 radical (unpaired) electrons. The standard InChI is InChI=1S/C24H20F2N2O3S2/c25-18-14-20(26)23-21(15-18)32-24(27-23)28(16-17-8-3-1-4-9-17)22(29)12-7-13-33(30,31)19-10-5-2-6-11-19/h1-6,8-11,14-15H,7,12-13,16H2. The molecule has 0 aliphatic heterocycles. The number of benzene rings is 3. The fourth-order valence-corrected chi connectivity index (χ4v) is 5.74. The van der Waals surface area contributed by atoms with Crippen LogP contribution in [0.2, 0.25) is 0 Å². The van der Waals surface area contributed by atoms with Crippen molar-refractivity contribution in [1.82, 2.24) is 4.98 Å². The molecule has 1 heterocycles. The zero-order valence-electron chi connectivity index (χ0n) is 17.4. The van der Waals surface area contributed by atoms with Crippen LogP contribution in [0.15, 0.2) is 77.7 Å². The van der Waals surface area contributed by atoms with Crippen LogP contribution in [-0.2, 0) is 21.2 Å². The van der Waals surface area contributed by atoms with Crippen LogP contribution in [0.1, 0.15) is 18.4 Å². The van der Waals surface area contributed by atoms with Crippen LogP contribution < -0.4 is 4.90 Å². The molecule has 1 aromatic heterocycles. The molecule has 3 aromatic carbocycles. The molecule has 170 valence electrons. The number of rotatable bonds is 8. The van der Waals surface area contributed by atoms with Crippen LogP contribution in [0.3, 0.4) is 0 Å². The molecule has 0 N–H and O–H groups in total. The number of halogens is 2. The lowest BCUT2D eigenvalue weighted by atomic mass is 10.2. The number of carbonyl (C=O) groups excluding carboxylic acids is 1. The van der Waals surface area contributed by atoms with Crippen molar-refractivity contribution in [2.45, 2.75) is 24.3 Å². The van der Waals surface area contributed by atoms with Crippen LogP contribution in [-0.4, -0.2) is 25.1 Å². The lowest BCUT2D eigenvalue weighted by Crippen LogP contribution is -2.30. The van der Waals surface area contributed by atoms with Crippen molar-refractivity contribution >= 4 is 42.4 Å². The van der Waals surface area contributed by atoms with Gasteiger partial charge in [-0.1, -0.05) is 59.9 Å². The smallest absolute Gasteiger partial charge is 0.229 e. The van der Waals surface area contributed by atoms with Crippen molar-refractivity contribution in [3.63, 3.8) is 0 Å². The monoisotopic (exact) mass is 486 g/mol. The average molecular weight is 487 g/mol. The summed E-state index contributed by atoms with van der Waals surface area (Å²) in [5.41, 5.74) is 0.822. The minimum atomic E-state index is -3.51. The third kappa shape index (κ3) is 5.43. The van der Waals surface area contributed by atoms with Gasteiger partial charge in [-0.05, 0) is 30.2 Å². The summed E-state index contributed by atoms with van der Waals surface area (Å²) in [6.45, 7) is 0.176. The zero-order chi connectivity index (χ0) is 23.4. The molecule has 0 saturated carbocycles. The van der Waals surface area contributed by atoms with Crippen LogP contribution in [0.5, 0.6) is 0 Å². The number of nitrogens with zero attached hydrogens (tertiary/aromatic N) is 2. The maximum Gasteiger partial charge on any atom is 0.229 e. The summed E-state index contributed by atoms with van der Waals surface area (Å²) < 4.78 is 53.1. The highest BCUT2D eigenvalue weighted by molar-refractivity contribution is 7.91. The van der Waals surface area contributed by atoms with Gasteiger partial charge in [0.05, 0.1) is 21.9 Å². The average Bonchev–Trinajstić information content (AvgIpc) is 3.22. The molecule has 0 bridgehead atoms. The van der Waals surface area contributed by atoms with Crippen LogP contribution >= 0.6 is 11.3 Å². The number of amides is 1. The molecule has 0 fully saturated rings. The first kappa shape index (κ1) is 23.0. The molecule has 0 unspecified atom stereocenters. The third-order valence-electron chi connectivity index (χ3n) is 5.02. The van der Waals surface area contributed by atoms with Crippen molar-refractivity contribution in [2.24, 2.45) is 0 Å². The van der Waals surface area contributed by atoms with Crippen molar-refractivity contribution < 1.29 is 22.0 Å². The Labute approximate surface area is 194 Å². The van der Waals surface area contributed by atoms with Gasteiger partial charge in [0, 0.05) is 12.5 Å². The first-order chi connectivity index (χ1) is 15.8. The number of fused-ring (bicyclic) bond motifs is 1. The Morgan fingerprint density at radius 2 is 1.64 bits per heavy atom. The molecule has 0 aliphatic carbocycles. The van der Waals surface area contributed by atoms with E-state index in [0.29, 0.717) is 4.70 Å². The van der Waals surface area contributed by atoms with E-state index in [2.05, 4.69) is 4.98 Å². The van der Waals surface area contributed by atoms with E-state index in [-0.39, 0.29) is 46.6 Å². The Morgan fingerprint density at radius 1 is 0.970 bits per heavy atom. The van der Waals surface area contributed by atoms with Gasteiger partial charge in [0.1, 0.15) is 11.3 Å². The number of carbonyl (C=O) groups is 1. The summed E-state index contributed by atoms with van der Waals surface area (Å²) in [4.78, 5) is 19.0. The van der Waals surface area contributed by atoms with Gasteiger partial charge < -0.3 is 0 Å². The number of anilines is 1. The minimum Gasteiger partial charge on any atom is -0.284 e. The minimum absolute atomic E-state index is 0.00563. The van der Waals surface area contributed by atoms with Crippen molar-refractivity contribution in [2.75, 3.05) is 10.7 Å². The number of hydrogen-bond acceptors (Lipinski definition) is 5. The summed E-state index contributed by atoms with van der Waals surface area (Å²) in [5.74, 6) is -2.04. The van der Waals surface area contributed by atoms with Crippen molar-refractivity contribution in [3.8, 4) is 0 Å². The summed E-state index contributed by atoms with van der Waals surface area (Å²) >= 11 is 1.01. The first-order valence-electron chi connectivity index (χ1n) is 10.2. The zero-order valence-corrected chi connectivity index (χ0v) is 19.1. The van der Waals surface area contributed by atoms with E-state index < -0.39 is 21.5 Å². The normalized spacial score (nSPS) is 11.6. The van der Waals surface area contributed by atoms with Gasteiger partial charge in [-0.3, -0.25) is 9.69 Å². The molecule has 1 amide bonds. The Bertz CT molecular complexity index is 1380. The molecule has 4 rings (SSSR count). The number of aromatic nitrogens is 1. The Kier molecular flexibility index (Phi) is 6.80. The van der Waals surface area contributed by atoms with E-state index in [1.807, 2.05) is 30.3 Å². The maximum absolute atomic E-state index is 14.2. The molecule has 33 heavy (non-hydrogen) atoms.